The summed E-state index contributed by atoms with van der Waals surface area (Å²) >= 11 is 0. The number of allylic oxidation sites excluding steroid dienone is 1. The van der Waals surface area contributed by atoms with E-state index >= 15 is 0 Å². The minimum absolute atomic E-state index is 0.247. The van der Waals surface area contributed by atoms with Crippen LogP contribution in [0.15, 0.2) is 175 Å². The summed E-state index contributed by atoms with van der Waals surface area (Å²) in [4.78, 5) is 0. The van der Waals surface area contributed by atoms with Crippen molar-refractivity contribution in [3.63, 3.8) is 0 Å². The van der Waals surface area contributed by atoms with Gasteiger partial charge in [-0.05, 0) is 102 Å². The van der Waals surface area contributed by atoms with Crippen LogP contribution in [0.3, 0.4) is 0 Å². The molecule has 0 fully saturated rings. The molecular weight excluding hydrogens is 695 g/mol. The van der Waals surface area contributed by atoms with Gasteiger partial charge in [0.15, 0.2) is 24.1 Å². The lowest BCUT2D eigenvalue weighted by Crippen LogP contribution is -2.49. The summed E-state index contributed by atoms with van der Waals surface area (Å²) in [5, 5.41) is 7.39. The smallest absolute Gasteiger partial charge is 0.218 e. The monoisotopic (exact) mass is 731 g/mol. The summed E-state index contributed by atoms with van der Waals surface area (Å²) in [6.07, 6.45) is 7.32. The summed E-state index contributed by atoms with van der Waals surface area (Å²) in [5.74, 6) is 0.325. The van der Waals surface area contributed by atoms with Crippen molar-refractivity contribution in [1.29, 1.82) is 0 Å². The molecule has 2 unspecified atom stereocenters. The molecule has 2 atom stereocenters. The van der Waals surface area contributed by atoms with Crippen molar-refractivity contribution < 1.29 is 13.6 Å². The highest BCUT2D eigenvalue weighted by molar-refractivity contribution is 6.30. The number of rotatable bonds is 1. The first kappa shape index (κ1) is 31.2. The Hall–Kier alpha value is -7.04. The molecule has 5 aromatic heterocycles. The lowest BCUT2D eigenvalue weighted by molar-refractivity contribution is -0.720. The van der Waals surface area contributed by atoms with Gasteiger partial charge in [-0.2, -0.15) is 9.13 Å². The number of aryl methyl sites for hydroxylation is 1. The Labute approximate surface area is 329 Å². The van der Waals surface area contributed by atoms with Gasteiger partial charge in [0.05, 0.1) is 33.9 Å². The number of fused-ring (bicyclic) bond motifs is 19. The van der Waals surface area contributed by atoms with Crippen LogP contribution in [0.1, 0.15) is 35.9 Å². The summed E-state index contributed by atoms with van der Waals surface area (Å²) in [7, 11) is 0. The van der Waals surface area contributed by atoms with E-state index in [2.05, 4.69) is 178 Å². The Bertz CT molecular complexity index is 3480. The molecule has 0 bridgehead atoms. The zero-order valence-electron chi connectivity index (χ0n) is 31.3. The highest BCUT2D eigenvalue weighted by atomic mass is 16.3. The first-order valence-electron chi connectivity index (χ1n) is 20.1. The second-order valence-electron chi connectivity index (χ2n) is 16.1. The topological polar surface area (TPSA) is 25.3 Å². The van der Waals surface area contributed by atoms with Crippen LogP contribution in [0.4, 0.5) is 0 Å². The molecule has 0 saturated heterocycles. The zero-order valence-corrected chi connectivity index (χ0v) is 31.3. The standard InChI is InChI=1S/C53H37N3O/c1-32-27-47-38(36-15-5-6-16-37(36)45-18-10-12-26-55(45)47)22-21-34-30-48-42(31-41(34)46-19-9-11-25-54(32)46)44-29-35(33-13-3-2-4-14-33)28-43-39-23-24-50-51(53(39)56(48)52(43)44)40-17-7-8-20-49(40)57-50/h2-20,23-26,28-31,38,47H,1,21-22,27H2/q+2. The molecule has 57 heavy (non-hydrogen) atoms. The van der Waals surface area contributed by atoms with E-state index < -0.39 is 0 Å². The fourth-order valence-electron chi connectivity index (χ4n) is 10.8. The first-order chi connectivity index (χ1) is 28.2. The number of para-hydroxylation sites is 1. The molecule has 2 aliphatic heterocycles. The van der Waals surface area contributed by atoms with E-state index in [-0.39, 0.29) is 6.04 Å². The van der Waals surface area contributed by atoms with Gasteiger partial charge in [0.1, 0.15) is 11.2 Å². The van der Waals surface area contributed by atoms with Gasteiger partial charge in [0.2, 0.25) is 11.4 Å². The number of nitrogens with zero attached hydrogens (tertiary/aromatic N) is 3. The number of pyridine rings is 2. The Morgan fingerprint density at radius 1 is 0.579 bits per heavy atom. The summed E-state index contributed by atoms with van der Waals surface area (Å²) in [6.45, 7) is 4.81. The van der Waals surface area contributed by atoms with Gasteiger partial charge < -0.3 is 8.82 Å². The van der Waals surface area contributed by atoms with E-state index in [0.29, 0.717) is 5.92 Å². The third kappa shape index (κ3) is 4.27. The number of hydrogen-bond acceptors (Lipinski definition) is 1. The molecule has 0 spiro atoms. The summed E-state index contributed by atoms with van der Waals surface area (Å²) < 4.78 is 14.0. The van der Waals surface area contributed by atoms with Crippen LogP contribution in [0.25, 0.3) is 99.4 Å². The third-order valence-corrected chi connectivity index (χ3v) is 13.2. The maximum absolute atomic E-state index is 6.53. The molecule has 6 aromatic carbocycles. The Morgan fingerprint density at radius 2 is 1.35 bits per heavy atom. The van der Waals surface area contributed by atoms with Crippen LogP contribution in [0, 0.1) is 0 Å². The molecule has 0 radical (unpaired) electrons. The van der Waals surface area contributed by atoms with Crippen molar-refractivity contribution in [2.75, 3.05) is 0 Å². The van der Waals surface area contributed by atoms with Gasteiger partial charge in [0.25, 0.3) is 0 Å². The van der Waals surface area contributed by atoms with Gasteiger partial charge in [0, 0.05) is 62.7 Å². The second kappa shape index (κ2) is 11.5. The average molecular weight is 732 g/mol. The normalized spacial score (nSPS) is 16.6. The van der Waals surface area contributed by atoms with Gasteiger partial charge >= 0.3 is 0 Å². The molecule has 0 aliphatic carbocycles. The molecule has 0 saturated carbocycles. The van der Waals surface area contributed by atoms with Crippen LogP contribution in [-0.4, -0.2) is 4.40 Å². The van der Waals surface area contributed by atoms with Crippen molar-refractivity contribution in [2.24, 2.45) is 0 Å². The van der Waals surface area contributed by atoms with E-state index in [0.717, 1.165) is 41.5 Å². The molecule has 2 aliphatic rings. The van der Waals surface area contributed by atoms with Crippen LogP contribution >= 0.6 is 0 Å². The fraction of sp³-hybridized carbons (Fsp3) is 0.0943. The number of benzene rings is 6. The molecule has 13 rings (SSSR count). The zero-order chi connectivity index (χ0) is 37.4. The molecule has 268 valence electrons. The van der Waals surface area contributed by atoms with Gasteiger partial charge in [-0.25, -0.2) is 0 Å². The van der Waals surface area contributed by atoms with Crippen LogP contribution in [0.5, 0.6) is 0 Å². The highest BCUT2D eigenvalue weighted by Gasteiger charge is 2.42. The molecule has 4 nitrogen and oxygen atoms in total. The highest BCUT2D eigenvalue weighted by Crippen LogP contribution is 2.48. The summed E-state index contributed by atoms with van der Waals surface area (Å²) in [5.41, 5.74) is 17.0. The van der Waals surface area contributed by atoms with Crippen molar-refractivity contribution in [3.05, 3.63) is 182 Å². The number of aromatic nitrogens is 3. The maximum Gasteiger partial charge on any atom is 0.218 e. The minimum atomic E-state index is 0.247. The molecule has 4 heteroatoms. The van der Waals surface area contributed by atoms with E-state index in [9.17, 15) is 0 Å². The van der Waals surface area contributed by atoms with Gasteiger partial charge in [-0.3, -0.25) is 0 Å². The van der Waals surface area contributed by atoms with Crippen molar-refractivity contribution in [1.82, 2.24) is 4.40 Å². The van der Waals surface area contributed by atoms with Crippen molar-refractivity contribution in [3.8, 4) is 33.6 Å². The van der Waals surface area contributed by atoms with E-state index in [1.807, 2.05) is 0 Å². The maximum atomic E-state index is 6.53. The Morgan fingerprint density at radius 3 is 2.26 bits per heavy atom. The van der Waals surface area contributed by atoms with Crippen LogP contribution in [-0.2, 0) is 6.42 Å². The third-order valence-electron chi connectivity index (χ3n) is 13.2. The molecule has 7 heterocycles. The largest absolute Gasteiger partial charge is 0.456 e. The fourth-order valence-corrected chi connectivity index (χ4v) is 10.8. The molecular formula is C53H37N3O+2. The predicted molar refractivity (Wildman–Crippen MR) is 232 cm³/mol. The van der Waals surface area contributed by atoms with E-state index in [1.54, 1.807) is 0 Å². The molecule has 0 N–H and O–H groups in total. The Kier molecular flexibility index (Phi) is 6.29. The SMILES string of the molecule is C=C1CC2C(CCc3cc4c(cc3-c3cccc[n+]31)c1cc(-c3ccccc3)cc3c5ccc6oc7ccccc7c6c5n4c13)c1ccccc1-c1cccc[n+]12. The first-order valence-corrected chi connectivity index (χ1v) is 20.1. The van der Waals surface area contributed by atoms with Crippen LogP contribution < -0.4 is 9.13 Å². The van der Waals surface area contributed by atoms with Crippen molar-refractivity contribution >= 4 is 65.7 Å². The predicted octanol–water partition coefficient (Wildman–Crippen LogP) is 12.5. The van der Waals surface area contributed by atoms with Gasteiger partial charge in [-0.1, -0.05) is 66.7 Å². The lowest BCUT2D eigenvalue weighted by atomic mass is 9.77. The number of furan rings is 1. The van der Waals surface area contributed by atoms with E-state index in [4.69, 9.17) is 11.0 Å². The van der Waals surface area contributed by atoms with Gasteiger partial charge in [-0.15, -0.1) is 0 Å². The lowest BCUT2D eigenvalue weighted by Gasteiger charge is -2.31. The minimum Gasteiger partial charge on any atom is -0.456 e. The number of hydrogen-bond donors (Lipinski definition) is 0. The van der Waals surface area contributed by atoms with E-state index in [1.165, 1.54) is 88.2 Å². The second-order valence-corrected chi connectivity index (χ2v) is 16.1. The molecule has 11 aromatic rings. The quantitative estimate of drug-likeness (QED) is 0.154. The molecule has 0 amide bonds. The van der Waals surface area contributed by atoms with Crippen molar-refractivity contribution in [2.45, 2.75) is 31.2 Å². The summed E-state index contributed by atoms with van der Waals surface area (Å²) in [6, 6.07) is 56.2. The van der Waals surface area contributed by atoms with Crippen LogP contribution in [0.2, 0.25) is 0 Å². The Balaban J connectivity index is 1.14. The average Bonchev–Trinajstić information content (AvgIpc) is 3.92.